The lowest BCUT2D eigenvalue weighted by atomic mass is 10.1. The fourth-order valence-electron chi connectivity index (χ4n) is 3.66. The van der Waals surface area contributed by atoms with Crippen LogP contribution in [0.15, 0.2) is 72.8 Å². The number of hydrogen-bond acceptors (Lipinski definition) is 3. The zero-order chi connectivity index (χ0) is 21.3. The Hall–Kier alpha value is -2.83. The first-order valence-corrected chi connectivity index (χ1v) is 11.8. The molecular formula is C23H21ClN2O3S. The Balaban J connectivity index is 1.60. The van der Waals surface area contributed by atoms with Crippen molar-refractivity contribution in [3.63, 3.8) is 0 Å². The Morgan fingerprint density at radius 1 is 1.00 bits per heavy atom. The third-order valence-corrected chi connectivity index (χ3v) is 6.72. The maximum atomic E-state index is 13.0. The number of rotatable bonds is 5. The molecule has 0 spiro atoms. The van der Waals surface area contributed by atoms with E-state index in [9.17, 15) is 13.2 Å². The Kier molecular flexibility index (Phi) is 5.54. The molecule has 0 bridgehead atoms. The van der Waals surface area contributed by atoms with Crippen LogP contribution in [-0.2, 0) is 23.0 Å². The fraction of sp³-hybridized carbons (Fsp3) is 0.174. The molecule has 7 heteroatoms. The van der Waals surface area contributed by atoms with Crippen LogP contribution in [0.5, 0.6) is 0 Å². The maximum absolute atomic E-state index is 13.0. The summed E-state index contributed by atoms with van der Waals surface area (Å²) in [5.74, 6) is -0.0940. The fourth-order valence-corrected chi connectivity index (χ4v) is 4.73. The highest BCUT2D eigenvalue weighted by Crippen LogP contribution is 2.30. The number of benzene rings is 3. The summed E-state index contributed by atoms with van der Waals surface area (Å²) in [5, 5.41) is 0.505. The second kappa shape index (κ2) is 8.13. The molecule has 154 valence electrons. The van der Waals surface area contributed by atoms with E-state index in [1.165, 1.54) is 4.31 Å². The van der Waals surface area contributed by atoms with Gasteiger partial charge in [0.1, 0.15) is 0 Å². The molecule has 0 radical (unpaired) electrons. The van der Waals surface area contributed by atoms with Gasteiger partial charge in [-0.3, -0.25) is 9.10 Å². The summed E-state index contributed by atoms with van der Waals surface area (Å²) in [6.07, 6.45) is 1.99. The standard InChI is InChI=1S/C23H21ClN2O3S/c1-30(28,29)26(16-19-7-2-4-8-21(19)24)20-12-10-18(11-13-20)23(27)25-15-14-17-6-3-5-9-22(17)25/h2-13H,14-16H2,1H3. The van der Waals surface area contributed by atoms with Crippen LogP contribution >= 0.6 is 11.6 Å². The molecule has 1 heterocycles. The number of fused-ring (bicyclic) bond motifs is 1. The number of hydrogen-bond donors (Lipinski definition) is 0. The van der Waals surface area contributed by atoms with Crippen LogP contribution in [-0.4, -0.2) is 27.1 Å². The average Bonchev–Trinajstić information content (AvgIpc) is 3.16. The van der Waals surface area contributed by atoms with Gasteiger partial charge in [-0.1, -0.05) is 48.0 Å². The molecule has 0 aromatic heterocycles. The number of nitrogens with zero attached hydrogens (tertiary/aromatic N) is 2. The quantitative estimate of drug-likeness (QED) is 0.586. The van der Waals surface area contributed by atoms with Crippen molar-refractivity contribution in [1.29, 1.82) is 0 Å². The summed E-state index contributed by atoms with van der Waals surface area (Å²) in [6, 6.07) is 21.7. The molecule has 4 rings (SSSR count). The minimum Gasteiger partial charge on any atom is -0.308 e. The average molecular weight is 441 g/mol. The zero-order valence-corrected chi connectivity index (χ0v) is 18.0. The van der Waals surface area contributed by atoms with Gasteiger partial charge in [-0.05, 0) is 53.9 Å². The SMILES string of the molecule is CS(=O)(=O)N(Cc1ccccc1Cl)c1ccc(C(=O)N2CCc3ccccc32)cc1. The number of amides is 1. The van der Waals surface area contributed by atoms with Crippen LogP contribution in [0.4, 0.5) is 11.4 Å². The first-order valence-electron chi connectivity index (χ1n) is 9.55. The predicted octanol–water partition coefficient (Wildman–Crippen LogP) is 4.51. The number of halogens is 1. The summed E-state index contributed by atoms with van der Waals surface area (Å²) < 4.78 is 26.1. The lowest BCUT2D eigenvalue weighted by molar-refractivity contribution is 0.0989. The molecule has 0 atom stereocenters. The van der Waals surface area contributed by atoms with Gasteiger partial charge in [0, 0.05) is 22.8 Å². The second-order valence-corrected chi connectivity index (χ2v) is 9.56. The molecule has 1 aliphatic rings. The molecule has 0 saturated heterocycles. The van der Waals surface area contributed by atoms with Gasteiger partial charge in [0.15, 0.2) is 0 Å². The largest absolute Gasteiger partial charge is 0.308 e. The highest BCUT2D eigenvalue weighted by atomic mass is 35.5. The van der Waals surface area contributed by atoms with E-state index in [0.717, 1.165) is 23.9 Å². The van der Waals surface area contributed by atoms with Crippen molar-refractivity contribution in [3.8, 4) is 0 Å². The summed E-state index contributed by atoms with van der Waals surface area (Å²) in [5.41, 5.74) is 3.80. The van der Waals surface area contributed by atoms with Crippen molar-refractivity contribution in [3.05, 3.63) is 94.5 Å². The molecule has 30 heavy (non-hydrogen) atoms. The van der Waals surface area contributed by atoms with E-state index in [1.807, 2.05) is 30.3 Å². The molecule has 5 nitrogen and oxygen atoms in total. The van der Waals surface area contributed by atoms with Gasteiger partial charge in [0.05, 0.1) is 18.5 Å². The van der Waals surface area contributed by atoms with Crippen molar-refractivity contribution in [2.45, 2.75) is 13.0 Å². The van der Waals surface area contributed by atoms with E-state index < -0.39 is 10.0 Å². The number of anilines is 2. The molecule has 1 aliphatic heterocycles. The third kappa shape index (κ3) is 4.06. The van der Waals surface area contributed by atoms with E-state index >= 15 is 0 Å². The van der Waals surface area contributed by atoms with Crippen LogP contribution in [0, 0.1) is 0 Å². The van der Waals surface area contributed by atoms with Gasteiger partial charge in [-0.25, -0.2) is 8.42 Å². The van der Waals surface area contributed by atoms with Gasteiger partial charge in [0.25, 0.3) is 5.91 Å². The number of para-hydroxylation sites is 1. The molecule has 3 aromatic carbocycles. The summed E-state index contributed by atoms with van der Waals surface area (Å²) >= 11 is 6.21. The third-order valence-electron chi connectivity index (χ3n) is 5.21. The van der Waals surface area contributed by atoms with Gasteiger partial charge < -0.3 is 4.90 Å². The monoisotopic (exact) mass is 440 g/mol. The summed E-state index contributed by atoms with van der Waals surface area (Å²) in [6.45, 7) is 0.757. The maximum Gasteiger partial charge on any atom is 0.258 e. The first kappa shape index (κ1) is 20.4. The Bertz CT molecular complexity index is 1190. The van der Waals surface area contributed by atoms with E-state index in [4.69, 9.17) is 11.6 Å². The highest BCUT2D eigenvalue weighted by molar-refractivity contribution is 7.92. The van der Waals surface area contributed by atoms with Gasteiger partial charge >= 0.3 is 0 Å². The van der Waals surface area contributed by atoms with Gasteiger partial charge in [0.2, 0.25) is 10.0 Å². The van der Waals surface area contributed by atoms with E-state index in [0.29, 0.717) is 28.4 Å². The smallest absolute Gasteiger partial charge is 0.258 e. The van der Waals surface area contributed by atoms with Crippen molar-refractivity contribution in [1.82, 2.24) is 0 Å². The first-order chi connectivity index (χ1) is 14.3. The van der Waals surface area contributed by atoms with Crippen LogP contribution in [0.1, 0.15) is 21.5 Å². The van der Waals surface area contributed by atoms with Crippen LogP contribution in [0.3, 0.4) is 0 Å². The molecule has 1 amide bonds. The molecule has 0 saturated carbocycles. The van der Waals surface area contributed by atoms with E-state index in [2.05, 4.69) is 0 Å². The molecule has 0 fully saturated rings. The van der Waals surface area contributed by atoms with Crippen LogP contribution in [0.25, 0.3) is 0 Å². The molecular weight excluding hydrogens is 420 g/mol. The normalized spacial score (nSPS) is 13.2. The summed E-state index contributed by atoms with van der Waals surface area (Å²) in [4.78, 5) is 14.8. The highest BCUT2D eigenvalue weighted by Gasteiger charge is 2.25. The molecule has 0 N–H and O–H groups in total. The predicted molar refractivity (Wildman–Crippen MR) is 121 cm³/mol. The lowest BCUT2D eigenvalue weighted by Crippen LogP contribution is -2.30. The molecule has 0 aliphatic carbocycles. The van der Waals surface area contributed by atoms with E-state index in [1.54, 1.807) is 47.4 Å². The second-order valence-electron chi connectivity index (χ2n) is 7.24. The summed E-state index contributed by atoms with van der Waals surface area (Å²) in [7, 11) is -3.54. The van der Waals surface area contributed by atoms with Gasteiger partial charge in [-0.2, -0.15) is 0 Å². The molecule has 0 unspecified atom stereocenters. The van der Waals surface area contributed by atoms with Crippen molar-refractivity contribution >= 4 is 38.9 Å². The Labute approximate surface area is 181 Å². The number of sulfonamides is 1. The zero-order valence-electron chi connectivity index (χ0n) is 16.5. The Morgan fingerprint density at radius 3 is 2.37 bits per heavy atom. The van der Waals surface area contributed by atoms with Crippen molar-refractivity contribution < 1.29 is 13.2 Å². The van der Waals surface area contributed by atoms with Crippen LogP contribution < -0.4 is 9.21 Å². The van der Waals surface area contributed by atoms with Crippen molar-refractivity contribution in [2.75, 3.05) is 22.0 Å². The minimum atomic E-state index is -3.54. The van der Waals surface area contributed by atoms with Crippen molar-refractivity contribution in [2.24, 2.45) is 0 Å². The van der Waals surface area contributed by atoms with Crippen LogP contribution in [0.2, 0.25) is 5.02 Å². The number of carbonyl (C=O) groups is 1. The molecule has 3 aromatic rings. The number of carbonyl (C=O) groups excluding carboxylic acids is 1. The van der Waals surface area contributed by atoms with Gasteiger partial charge in [-0.15, -0.1) is 0 Å². The minimum absolute atomic E-state index is 0.0940. The lowest BCUT2D eigenvalue weighted by Gasteiger charge is -2.23. The Morgan fingerprint density at radius 2 is 1.67 bits per heavy atom. The van der Waals surface area contributed by atoms with E-state index in [-0.39, 0.29) is 12.5 Å². The topological polar surface area (TPSA) is 57.7 Å².